The van der Waals surface area contributed by atoms with E-state index in [0.29, 0.717) is 18.9 Å². The third-order valence-corrected chi connectivity index (χ3v) is 2.73. The van der Waals surface area contributed by atoms with Crippen LogP contribution in [-0.4, -0.2) is 37.2 Å². The van der Waals surface area contributed by atoms with Gasteiger partial charge in [0.15, 0.2) is 5.96 Å². The second-order valence-electron chi connectivity index (χ2n) is 4.23. The van der Waals surface area contributed by atoms with Crippen molar-refractivity contribution in [1.82, 2.24) is 5.32 Å². The van der Waals surface area contributed by atoms with Crippen molar-refractivity contribution in [1.29, 1.82) is 0 Å². The number of nitrogens with one attached hydrogen (secondary N) is 1. The van der Waals surface area contributed by atoms with E-state index in [1.807, 2.05) is 0 Å². The van der Waals surface area contributed by atoms with Gasteiger partial charge in [-0.25, -0.2) is 0 Å². The Morgan fingerprint density at radius 1 is 1.44 bits per heavy atom. The molecule has 0 aromatic heterocycles. The highest BCUT2D eigenvalue weighted by Gasteiger charge is 2.28. The summed E-state index contributed by atoms with van der Waals surface area (Å²) in [6, 6.07) is 0. The lowest BCUT2D eigenvalue weighted by Crippen LogP contribution is -2.33. The van der Waals surface area contributed by atoms with E-state index in [-0.39, 0.29) is 30.1 Å². The molecule has 0 aliphatic carbocycles. The van der Waals surface area contributed by atoms with Gasteiger partial charge in [-0.3, -0.25) is 9.79 Å². The molecule has 5 N–H and O–H groups in total. The Kier molecular flexibility index (Phi) is 9.08. The molecule has 6 nitrogen and oxygen atoms in total. The Labute approximate surface area is 125 Å². The Bertz CT molecular complexity index is 286. The minimum absolute atomic E-state index is 0. The number of hydrogen-bond donors (Lipinski definition) is 3. The normalized spacial score (nSPS) is 23.5. The van der Waals surface area contributed by atoms with Crippen molar-refractivity contribution < 1.29 is 9.53 Å². The van der Waals surface area contributed by atoms with Crippen LogP contribution in [0.4, 0.5) is 0 Å². The maximum atomic E-state index is 10.9. The lowest BCUT2D eigenvalue weighted by Gasteiger charge is -2.10. The highest BCUT2D eigenvalue weighted by Crippen LogP contribution is 2.19. The number of carbonyl (C=O) groups is 1. The first-order valence-electron chi connectivity index (χ1n) is 6.12. The minimum atomic E-state index is -0.454. The first-order valence-corrected chi connectivity index (χ1v) is 6.12. The van der Waals surface area contributed by atoms with Gasteiger partial charge >= 0.3 is 0 Å². The molecule has 1 rings (SSSR count). The van der Waals surface area contributed by atoms with Crippen molar-refractivity contribution in [2.75, 3.05) is 13.1 Å². The number of ether oxygens (including phenoxy) is 1. The van der Waals surface area contributed by atoms with Crippen LogP contribution in [0.2, 0.25) is 0 Å². The van der Waals surface area contributed by atoms with Gasteiger partial charge in [-0.2, -0.15) is 0 Å². The maximum Gasteiger partial charge on any atom is 0.246 e. The van der Waals surface area contributed by atoms with Crippen LogP contribution in [0, 0.1) is 0 Å². The number of carbonyl (C=O) groups excluding carboxylic acids is 1. The summed E-state index contributed by atoms with van der Waals surface area (Å²) in [7, 11) is 0. The van der Waals surface area contributed by atoms with Gasteiger partial charge in [-0.05, 0) is 19.3 Å². The molecule has 7 heteroatoms. The number of hydrogen-bond acceptors (Lipinski definition) is 3. The maximum absolute atomic E-state index is 10.9. The molecule has 0 bridgehead atoms. The molecule has 0 aromatic carbocycles. The van der Waals surface area contributed by atoms with Crippen LogP contribution in [0.5, 0.6) is 0 Å². The Balaban J connectivity index is 0.00000289. The van der Waals surface area contributed by atoms with Crippen LogP contribution in [0.1, 0.15) is 32.6 Å². The molecule has 1 heterocycles. The third-order valence-electron chi connectivity index (χ3n) is 2.73. The molecule has 2 atom stereocenters. The molecule has 106 valence electrons. The fourth-order valence-corrected chi connectivity index (χ4v) is 1.70. The van der Waals surface area contributed by atoms with E-state index >= 15 is 0 Å². The topological polar surface area (TPSA) is 103 Å². The van der Waals surface area contributed by atoms with E-state index in [4.69, 9.17) is 16.2 Å². The van der Waals surface area contributed by atoms with E-state index in [2.05, 4.69) is 17.2 Å². The predicted octanol–water partition coefficient (Wildman–Crippen LogP) is 0.342. The summed E-state index contributed by atoms with van der Waals surface area (Å²) in [5.74, 6) is 0.0371. The highest BCUT2D eigenvalue weighted by atomic mass is 127. The molecule has 1 aliphatic rings. The SMILES string of the molecule is CCCCNC(N)=NCC1CCC(C(N)=O)O1.I. The lowest BCUT2D eigenvalue weighted by atomic mass is 10.2. The van der Waals surface area contributed by atoms with Crippen molar-refractivity contribution in [3.63, 3.8) is 0 Å². The number of guanidine groups is 1. The van der Waals surface area contributed by atoms with Crippen LogP contribution in [0.25, 0.3) is 0 Å². The fraction of sp³-hybridized carbons (Fsp3) is 0.818. The van der Waals surface area contributed by atoms with Crippen molar-refractivity contribution in [3.8, 4) is 0 Å². The van der Waals surface area contributed by atoms with Gasteiger partial charge in [0.1, 0.15) is 6.10 Å². The summed E-state index contributed by atoms with van der Waals surface area (Å²) in [5.41, 5.74) is 10.8. The minimum Gasteiger partial charge on any atom is -0.370 e. The van der Waals surface area contributed by atoms with E-state index in [1.54, 1.807) is 0 Å². The zero-order valence-corrected chi connectivity index (χ0v) is 13.1. The van der Waals surface area contributed by atoms with Gasteiger partial charge in [0, 0.05) is 6.54 Å². The molecule has 0 saturated carbocycles. The third kappa shape index (κ3) is 6.39. The van der Waals surface area contributed by atoms with E-state index in [9.17, 15) is 4.79 Å². The molecule has 1 aliphatic heterocycles. The fourth-order valence-electron chi connectivity index (χ4n) is 1.70. The molecule has 2 unspecified atom stereocenters. The number of rotatable bonds is 6. The Hall–Kier alpha value is -0.570. The molecule has 0 spiro atoms. The van der Waals surface area contributed by atoms with Crippen LogP contribution in [0.3, 0.4) is 0 Å². The Morgan fingerprint density at radius 3 is 2.72 bits per heavy atom. The van der Waals surface area contributed by atoms with Gasteiger partial charge in [0.25, 0.3) is 0 Å². The predicted molar refractivity (Wildman–Crippen MR) is 81.9 cm³/mol. The zero-order chi connectivity index (χ0) is 12.7. The second-order valence-corrected chi connectivity index (χ2v) is 4.23. The number of unbranched alkanes of at least 4 members (excludes halogenated alkanes) is 1. The van der Waals surface area contributed by atoms with Crippen molar-refractivity contribution >= 4 is 35.8 Å². The summed E-state index contributed by atoms with van der Waals surface area (Å²) >= 11 is 0. The van der Waals surface area contributed by atoms with E-state index in [1.165, 1.54) is 0 Å². The number of halogens is 1. The van der Waals surface area contributed by atoms with Gasteiger partial charge in [-0.1, -0.05) is 13.3 Å². The van der Waals surface area contributed by atoms with Crippen LogP contribution < -0.4 is 16.8 Å². The molecule has 0 radical (unpaired) electrons. The lowest BCUT2D eigenvalue weighted by molar-refractivity contribution is -0.128. The van der Waals surface area contributed by atoms with Crippen molar-refractivity contribution in [2.24, 2.45) is 16.5 Å². The second kappa shape index (κ2) is 9.37. The number of nitrogens with zero attached hydrogens (tertiary/aromatic N) is 1. The van der Waals surface area contributed by atoms with Crippen molar-refractivity contribution in [2.45, 2.75) is 44.8 Å². The average Bonchev–Trinajstić information content (AvgIpc) is 2.75. The standard InChI is InChI=1S/C11H22N4O2.HI/c1-2-3-6-14-11(13)15-7-8-4-5-9(17-8)10(12)16;/h8-9H,2-7H2,1H3,(H2,12,16)(H3,13,14,15);1H. The van der Waals surface area contributed by atoms with Gasteiger partial charge < -0.3 is 21.5 Å². The zero-order valence-electron chi connectivity index (χ0n) is 10.7. The molecular formula is C11H23IN4O2. The summed E-state index contributed by atoms with van der Waals surface area (Å²) < 4.78 is 5.43. The van der Waals surface area contributed by atoms with Crippen molar-refractivity contribution in [3.05, 3.63) is 0 Å². The molecule has 18 heavy (non-hydrogen) atoms. The smallest absolute Gasteiger partial charge is 0.246 e. The number of nitrogens with two attached hydrogens (primary N) is 2. The van der Waals surface area contributed by atoms with Crippen LogP contribution in [-0.2, 0) is 9.53 Å². The summed E-state index contributed by atoms with van der Waals surface area (Å²) in [4.78, 5) is 15.1. The van der Waals surface area contributed by atoms with Gasteiger partial charge in [0.2, 0.25) is 5.91 Å². The first-order chi connectivity index (χ1) is 8.13. The number of aliphatic imine (C=N–C) groups is 1. The molecule has 0 aromatic rings. The van der Waals surface area contributed by atoms with Crippen LogP contribution >= 0.6 is 24.0 Å². The Morgan fingerprint density at radius 2 is 2.17 bits per heavy atom. The molecule has 1 saturated heterocycles. The average molecular weight is 370 g/mol. The van der Waals surface area contributed by atoms with Crippen LogP contribution in [0.15, 0.2) is 4.99 Å². The monoisotopic (exact) mass is 370 g/mol. The molecule has 1 amide bonds. The molecular weight excluding hydrogens is 347 g/mol. The van der Waals surface area contributed by atoms with Gasteiger partial charge in [0.05, 0.1) is 12.6 Å². The summed E-state index contributed by atoms with van der Waals surface area (Å²) in [5, 5.41) is 3.02. The number of primary amides is 1. The molecule has 1 fully saturated rings. The largest absolute Gasteiger partial charge is 0.370 e. The van der Waals surface area contributed by atoms with E-state index < -0.39 is 12.0 Å². The highest BCUT2D eigenvalue weighted by molar-refractivity contribution is 14.0. The first kappa shape index (κ1) is 17.4. The van der Waals surface area contributed by atoms with Gasteiger partial charge in [-0.15, -0.1) is 24.0 Å². The van der Waals surface area contributed by atoms with E-state index in [0.717, 1.165) is 25.8 Å². The quantitative estimate of drug-likeness (QED) is 0.272. The summed E-state index contributed by atoms with van der Waals surface area (Å²) in [6.07, 6.45) is 3.17. The number of amides is 1. The summed E-state index contributed by atoms with van der Waals surface area (Å²) in [6.45, 7) is 3.43.